The number of benzene rings is 3. The summed E-state index contributed by atoms with van der Waals surface area (Å²) in [4.78, 5) is 19.6. The van der Waals surface area contributed by atoms with Gasteiger partial charge in [0.1, 0.15) is 0 Å². The number of sulfonamides is 1. The molecule has 12 heteroatoms. The molecule has 1 atom stereocenters. The lowest BCUT2D eigenvalue weighted by atomic mass is 10.00. The Hall–Kier alpha value is -3.02. The topological polar surface area (TPSA) is 117 Å². The third kappa shape index (κ3) is 5.69. The van der Waals surface area contributed by atoms with Crippen LogP contribution in [-0.2, 0) is 21.4 Å². The molecular weight excluding hydrogens is 541 g/mol. The summed E-state index contributed by atoms with van der Waals surface area (Å²) in [7, 11) is -2.12. The van der Waals surface area contributed by atoms with E-state index in [9.17, 15) is 13.2 Å². The first-order chi connectivity index (χ1) is 17.0. The van der Waals surface area contributed by atoms with E-state index in [-0.39, 0.29) is 22.5 Å². The van der Waals surface area contributed by atoms with Crippen molar-refractivity contribution in [3.8, 4) is 0 Å². The van der Waals surface area contributed by atoms with Gasteiger partial charge in [-0.2, -0.15) is 0 Å². The Kier molecular flexibility index (Phi) is 7.62. The molecule has 0 spiro atoms. The number of likely N-dealkylation sites (N-methyl/N-ethyl adjacent to an activating group) is 1. The largest absolute Gasteiger partial charge is 0.359 e. The number of aliphatic imine (C=N–C) groups is 1. The molecule has 0 aliphatic carbocycles. The molecule has 0 radical (unpaired) electrons. The van der Waals surface area contributed by atoms with E-state index in [0.717, 1.165) is 5.56 Å². The van der Waals surface area contributed by atoms with Crippen LogP contribution in [0.25, 0.3) is 0 Å². The maximum absolute atomic E-state index is 13.3. The number of primary sulfonamides is 1. The van der Waals surface area contributed by atoms with Gasteiger partial charge in [0, 0.05) is 34.8 Å². The van der Waals surface area contributed by atoms with Gasteiger partial charge in [-0.05, 0) is 54.2 Å². The van der Waals surface area contributed by atoms with Crippen LogP contribution >= 0.6 is 35.4 Å². The number of nitrogens with zero attached hydrogens (tertiary/aromatic N) is 2. The van der Waals surface area contributed by atoms with Gasteiger partial charge in [0.15, 0.2) is 5.11 Å². The van der Waals surface area contributed by atoms with Crippen molar-refractivity contribution in [1.29, 1.82) is 0 Å². The van der Waals surface area contributed by atoms with Crippen LogP contribution in [0.2, 0.25) is 10.0 Å². The fourth-order valence-corrected chi connectivity index (χ4v) is 4.76. The van der Waals surface area contributed by atoms with Gasteiger partial charge in [-0.3, -0.25) is 4.79 Å². The predicted molar refractivity (Wildman–Crippen MR) is 146 cm³/mol. The summed E-state index contributed by atoms with van der Waals surface area (Å²) < 4.78 is 22.9. The van der Waals surface area contributed by atoms with Crippen LogP contribution in [0.3, 0.4) is 0 Å². The van der Waals surface area contributed by atoms with E-state index in [1.807, 2.05) is 18.2 Å². The highest BCUT2D eigenvalue weighted by molar-refractivity contribution is 7.89. The number of thiocarbonyl (C=S) groups is 1. The Morgan fingerprint density at radius 1 is 1.08 bits per heavy atom. The minimum Gasteiger partial charge on any atom is -0.359 e. The molecule has 0 bridgehead atoms. The van der Waals surface area contributed by atoms with Crippen LogP contribution in [0.1, 0.15) is 16.7 Å². The van der Waals surface area contributed by atoms with E-state index in [4.69, 9.17) is 45.6 Å². The van der Waals surface area contributed by atoms with E-state index in [0.29, 0.717) is 32.6 Å². The van der Waals surface area contributed by atoms with Gasteiger partial charge >= 0.3 is 0 Å². The Balaban J connectivity index is 1.60. The quantitative estimate of drug-likeness (QED) is 0.411. The van der Waals surface area contributed by atoms with Gasteiger partial charge in [0.05, 0.1) is 16.3 Å². The summed E-state index contributed by atoms with van der Waals surface area (Å²) in [6, 6.07) is 18.5. The van der Waals surface area contributed by atoms with Crippen LogP contribution < -0.4 is 20.7 Å². The molecule has 0 saturated carbocycles. The monoisotopic (exact) mass is 561 g/mol. The lowest BCUT2D eigenvalue weighted by molar-refractivity contribution is -0.119. The molecule has 36 heavy (non-hydrogen) atoms. The minimum atomic E-state index is -3.77. The number of carbonyl (C=O) groups excluding carboxylic acids is 1. The van der Waals surface area contributed by atoms with Gasteiger partial charge in [-0.1, -0.05) is 53.5 Å². The molecule has 3 aromatic rings. The SMILES string of the molecule is CN1C(=O)C(NC(=S)NCc2ccc(S(N)(=O)=O)cc2)N=C(c2ccccc2Cl)c2cc(Cl)ccc21. The average Bonchev–Trinajstić information content (AvgIpc) is 2.93. The van der Waals surface area contributed by atoms with E-state index in [2.05, 4.69) is 10.6 Å². The van der Waals surface area contributed by atoms with Crippen molar-refractivity contribution in [3.63, 3.8) is 0 Å². The van der Waals surface area contributed by atoms with Crippen molar-refractivity contribution in [2.24, 2.45) is 10.1 Å². The molecule has 4 rings (SSSR count). The third-order valence-electron chi connectivity index (χ3n) is 5.50. The van der Waals surface area contributed by atoms with Crippen molar-refractivity contribution in [1.82, 2.24) is 10.6 Å². The Morgan fingerprint density at radius 2 is 1.78 bits per heavy atom. The van der Waals surface area contributed by atoms with Crippen molar-refractivity contribution in [2.75, 3.05) is 11.9 Å². The number of hydrogen-bond acceptors (Lipinski definition) is 5. The Bertz CT molecular complexity index is 1480. The second kappa shape index (κ2) is 10.5. The maximum atomic E-state index is 13.3. The molecule has 1 aliphatic rings. The standard InChI is InChI=1S/C24H21Cl2N5O3S2/c1-31-20-11-8-15(25)12-18(20)21(17-4-2-3-5-19(17)26)29-22(23(31)32)30-24(35)28-13-14-6-9-16(10-7-14)36(27,33)34/h2-12,22H,13H2,1H3,(H2,27,33,34)(H2,28,30,35). The number of anilines is 1. The van der Waals surface area contributed by atoms with Crippen LogP contribution in [0.5, 0.6) is 0 Å². The smallest absolute Gasteiger partial charge is 0.272 e. The van der Waals surface area contributed by atoms with Gasteiger partial charge in [-0.15, -0.1) is 0 Å². The fraction of sp³-hybridized carbons (Fsp3) is 0.125. The highest BCUT2D eigenvalue weighted by Crippen LogP contribution is 2.31. The second-order valence-corrected chi connectivity index (χ2v) is 10.7. The molecule has 186 valence electrons. The van der Waals surface area contributed by atoms with Crippen molar-refractivity contribution >= 4 is 67.9 Å². The van der Waals surface area contributed by atoms with E-state index in [1.54, 1.807) is 43.4 Å². The molecule has 8 nitrogen and oxygen atoms in total. The lowest BCUT2D eigenvalue weighted by Gasteiger charge is -2.22. The number of carbonyl (C=O) groups is 1. The molecule has 3 aromatic carbocycles. The molecule has 0 aromatic heterocycles. The van der Waals surface area contributed by atoms with Crippen LogP contribution in [0.4, 0.5) is 5.69 Å². The summed E-state index contributed by atoms with van der Waals surface area (Å²) in [6.45, 7) is 0.282. The zero-order valence-corrected chi connectivity index (χ0v) is 22.0. The Labute approximate surface area is 224 Å². The van der Waals surface area contributed by atoms with Crippen LogP contribution in [0.15, 0.2) is 76.6 Å². The van der Waals surface area contributed by atoms with Crippen molar-refractivity contribution in [3.05, 3.63) is 93.5 Å². The highest BCUT2D eigenvalue weighted by atomic mass is 35.5. The first kappa shape index (κ1) is 26.1. The van der Waals surface area contributed by atoms with Gasteiger partial charge in [0.25, 0.3) is 5.91 Å². The van der Waals surface area contributed by atoms with E-state index >= 15 is 0 Å². The number of halogens is 2. The highest BCUT2D eigenvalue weighted by Gasteiger charge is 2.31. The molecular formula is C24H21Cl2N5O3S2. The lowest BCUT2D eigenvalue weighted by Crippen LogP contribution is -2.49. The molecule has 1 heterocycles. The molecule has 4 N–H and O–H groups in total. The number of rotatable bonds is 5. The zero-order chi connectivity index (χ0) is 26.0. The van der Waals surface area contributed by atoms with Crippen molar-refractivity contribution < 1.29 is 13.2 Å². The second-order valence-electron chi connectivity index (χ2n) is 7.93. The number of benzodiazepines with no additional fused rings is 1. The molecule has 1 amide bonds. The van der Waals surface area contributed by atoms with Gasteiger partial charge in [0.2, 0.25) is 16.2 Å². The number of nitrogens with two attached hydrogens (primary N) is 1. The fourth-order valence-electron chi connectivity index (χ4n) is 3.66. The molecule has 0 saturated heterocycles. The minimum absolute atomic E-state index is 0.0140. The maximum Gasteiger partial charge on any atom is 0.272 e. The summed E-state index contributed by atoms with van der Waals surface area (Å²) in [5, 5.41) is 12.3. The summed E-state index contributed by atoms with van der Waals surface area (Å²) in [5.74, 6) is -0.331. The zero-order valence-electron chi connectivity index (χ0n) is 18.9. The first-order valence-electron chi connectivity index (χ1n) is 10.6. The number of nitrogens with one attached hydrogen (secondary N) is 2. The average molecular weight is 563 g/mol. The first-order valence-corrected chi connectivity index (χ1v) is 13.3. The van der Waals surface area contributed by atoms with Gasteiger partial charge in [-0.25, -0.2) is 18.5 Å². The molecule has 1 unspecified atom stereocenters. The molecule has 0 fully saturated rings. The summed E-state index contributed by atoms with van der Waals surface area (Å²) in [5.41, 5.74) is 3.19. The summed E-state index contributed by atoms with van der Waals surface area (Å²) >= 11 is 18.2. The molecule has 1 aliphatic heterocycles. The summed E-state index contributed by atoms with van der Waals surface area (Å²) in [6.07, 6.45) is -1.04. The van der Waals surface area contributed by atoms with Crippen molar-refractivity contribution in [2.45, 2.75) is 17.6 Å². The third-order valence-corrected chi connectivity index (χ3v) is 7.26. The number of hydrogen-bond donors (Lipinski definition) is 3. The number of amides is 1. The van der Waals surface area contributed by atoms with Crippen LogP contribution in [-0.4, -0.2) is 38.4 Å². The van der Waals surface area contributed by atoms with Crippen LogP contribution in [0, 0.1) is 0 Å². The van der Waals surface area contributed by atoms with E-state index < -0.39 is 16.2 Å². The van der Waals surface area contributed by atoms with E-state index in [1.165, 1.54) is 17.0 Å². The Morgan fingerprint density at radius 3 is 2.44 bits per heavy atom. The van der Waals surface area contributed by atoms with Gasteiger partial charge < -0.3 is 15.5 Å². The predicted octanol–water partition coefficient (Wildman–Crippen LogP) is 3.45. The number of fused-ring (bicyclic) bond motifs is 1. The normalized spacial score (nSPS) is 15.6.